The summed E-state index contributed by atoms with van der Waals surface area (Å²) in [5.74, 6) is 0.929. The lowest BCUT2D eigenvalue weighted by atomic mass is 10.0. The molecule has 2 saturated heterocycles. The molecular formula is C16H30F3IN4O. The van der Waals surface area contributed by atoms with Crippen molar-refractivity contribution in [1.82, 2.24) is 15.5 Å². The van der Waals surface area contributed by atoms with E-state index in [1.807, 2.05) is 6.92 Å². The van der Waals surface area contributed by atoms with Crippen LogP contribution in [0.25, 0.3) is 0 Å². The van der Waals surface area contributed by atoms with E-state index < -0.39 is 12.7 Å². The first kappa shape index (κ1) is 22.8. The molecule has 0 amide bonds. The highest BCUT2D eigenvalue weighted by Crippen LogP contribution is 2.25. The summed E-state index contributed by atoms with van der Waals surface area (Å²) in [6.45, 7) is 6.99. The van der Waals surface area contributed by atoms with Crippen molar-refractivity contribution < 1.29 is 17.9 Å². The highest BCUT2D eigenvalue weighted by atomic mass is 127. The minimum absolute atomic E-state index is 0. The van der Waals surface area contributed by atoms with Gasteiger partial charge in [-0.25, -0.2) is 0 Å². The van der Waals surface area contributed by atoms with Crippen LogP contribution in [0.3, 0.4) is 0 Å². The number of likely N-dealkylation sites (tertiary alicyclic amines) is 1. The van der Waals surface area contributed by atoms with Gasteiger partial charge >= 0.3 is 6.18 Å². The van der Waals surface area contributed by atoms with E-state index in [1.54, 1.807) is 0 Å². The molecule has 2 unspecified atom stereocenters. The second kappa shape index (κ2) is 10.1. The molecule has 0 aromatic carbocycles. The number of halogens is 4. The van der Waals surface area contributed by atoms with Gasteiger partial charge in [0.1, 0.15) is 0 Å². The summed E-state index contributed by atoms with van der Waals surface area (Å²) in [6, 6.07) is 0. The minimum Gasteiger partial charge on any atom is -0.373 e. The molecule has 2 heterocycles. The fraction of sp³-hybridized carbons (Fsp3) is 0.938. The van der Waals surface area contributed by atoms with E-state index >= 15 is 0 Å². The third-order valence-electron chi connectivity index (χ3n) is 4.55. The summed E-state index contributed by atoms with van der Waals surface area (Å²) < 4.78 is 43.0. The lowest BCUT2D eigenvalue weighted by Crippen LogP contribution is -2.42. The molecule has 5 nitrogen and oxygen atoms in total. The van der Waals surface area contributed by atoms with E-state index in [-0.39, 0.29) is 35.5 Å². The van der Waals surface area contributed by atoms with Gasteiger partial charge in [0.2, 0.25) is 0 Å². The largest absolute Gasteiger partial charge is 0.401 e. The Bertz CT molecular complexity index is 428. The molecule has 2 aliphatic rings. The first-order valence-electron chi connectivity index (χ1n) is 8.75. The average Bonchev–Trinajstić information content (AvgIpc) is 3.10. The molecule has 148 valence electrons. The van der Waals surface area contributed by atoms with Crippen LogP contribution in [0, 0.1) is 5.92 Å². The second-order valence-corrected chi connectivity index (χ2v) is 6.98. The number of rotatable bonds is 6. The molecule has 9 heteroatoms. The quantitative estimate of drug-likeness (QED) is 0.350. The number of guanidine groups is 1. The summed E-state index contributed by atoms with van der Waals surface area (Å²) in [6.07, 6.45) is -1.27. The van der Waals surface area contributed by atoms with Gasteiger partial charge in [0.05, 0.1) is 18.7 Å². The average molecular weight is 478 g/mol. The highest BCUT2D eigenvalue weighted by molar-refractivity contribution is 14.0. The summed E-state index contributed by atoms with van der Waals surface area (Å²) in [5.41, 5.74) is -0.195. The van der Waals surface area contributed by atoms with Crippen molar-refractivity contribution in [3.05, 3.63) is 0 Å². The standard InChI is InChI=1S/C16H29F3N4O.HI/c1-3-20-14(22-11-15(2)6-4-8-24-15)21-9-13-5-7-23(10-13)12-16(17,18)19;/h13H,3-12H2,1-2H3,(H2,20,21,22);1H. The van der Waals surface area contributed by atoms with Crippen molar-refractivity contribution in [2.45, 2.75) is 44.9 Å². The number of aliphatic imine (C=N–C) groups is 1. The lowest BCUT2D eigenvalue weighted by Gasteiger charge is -2.22. The molecule has 0 aromatic rings. The number of nitrogens with zero attached hydrogens (tertiary/aromatic N) is 2. The zero-order valence-corrected chi connectivity index (χ0v) is 17.3. The van der Waals surface area contributed by atoms with Crippen molar-refractivity contribution in [2.24, 2.45) is 10.9 Å². The fourth-order valence-electron chi connectivity index (χ4n) is 3.27. The number of nitrogens with one attached hydrogen (secondary N) is 2. The third kappa shape index (κ3) is 8.29. The molecule has 0 radical (unpaired) electrons. The molecule has 0 saturated carbocycles. The molecule has 2 atom stereocenters. The van der Waals surface area contributed by atoms with Crippen molar-refractivity contribution >= 4 is 29.9 Å². The summed E-state index contributed by atoms with van der Waals surface area (Å²) >= 11 is 0. The van der Waals surface area contributed by atoms with Crippen LogP contribution in [0.1, 0.15) is 33.1 Å². The Morgan fingerprint density at radius 2 is 2.12 bits per heavy atom. The second-order valence-electron chi connectivity index (χ2n) is 6.98. The molecule has 0 bridgehead atoms. The number of alkyl halides is 3. The van der Waals surface area contributed by atoms with E-state index in [4.69, 9.17) is 4.74 Å². The number of ether oxygens (including phenoxy) is 1. The van der Waals surface area contributed by atoms with E-state index in [1.165, 1.54) is 4.90 Å². The Hall–Kier alpha value is -0.290. The molecule has 2 N–H and O–H groups in total. The Morgan fingerprint density at radius 3 is 2.72 bits per heavy atom. The van der Waals surface area contributed by atoms with Crippen molar-refractivity contribution in [3.8, 4) is 0 Å². The van der Waals surface area contributed by atoms with Crippen LogP contribution in [0.5, 0.6) is 0 Å². The minimum atomic E-state index is -4.12. The smallest absolute Gasteiger partial charge is 0.373 e. The van der Waals surface area contributed by atoms with Crippen molar-refractivity contribution in [1.29, 1.82) is 0 Å². The summed E-state index contributed by atoms with van der Waals surface area (Å²) in [4.78, 5) is 6.06. The van der Waals surface area contributed by atoms with Gasteiger partial charge in [-0.1, -0.05) is 0 Å². The van der Waals surface area contributed by atoms with E-state index in [0.29, 0.717) is 32.1 Å². The highest BCUT2D eigenvalue weighted by Gasteiger charge is 2.34. The topological polar surface area (TPSA) is 48.9 Å². The maximum absolute atomic E-state index is 12.4. The maximum Gasteiger partial charge on any atom is 0.401 e. The molecular weight excluding hydrogens is 448 g/mol. The van der Waals surface area contributed by atoms with Gasteiger partial charge in [0.15, 0.2) is 5.96 Å². The molecule has 2 fully saturated rings. The number of hydrogen-bond donors (Lipinski definition) is 2. The zero-order valence-electron chi connectivity index (χ0n) is 15.0. The molecule has 0 aromatic heterocycles. The predicted octanol–water partition coefficient (Wildman–Crippen LogP) is 2.61. The molecule has 2 rings (SSSR count). The Kier molecular flexibility index (Phi) is 9.24. The zero-order chi connectivity index (χ0) is 17.6. The first-order chi connectivity index (χ1) is 11.3. The molecule has 0 aliphatic carbocycles. The van der Waals surface area contributed by atoms with Gasteiger partial charge in [0, 0.05) is 26.2 Å². The van der Waals surface area contributed by atoms with Gasteiger partial charge in [0.25, 0.3) is 0 Å². The van der Waals surface area contributed by atoms with Gasteiger partial charge in [-0.3, -0.25) is 9.89 Å². The Balaban J connectivity index is 0.00000312. The predicted molar refractivity (Wildman–Crippen MR) is 104 cm³/mol. The Morgan fingerprint density at radius 1 is 1.36 bits per heavy atom. The van der Waals surface area contributed by atoms with E-state index in [0.717, 1.165) is 32.4 Å². The summed E-state index contributed by atoms with van der Waals surface area (Å²) in [7, 11) is 0. The van der Waals surface area contributed by atoms with Crippen LogP contribution >= 0.6 is 24.0 Å². The van der Waals surface area contributed by atoms with E-state index in [2.05, 4.69) is 22.5 Å². The molecule has 0 spiro atoms. The third-order valence-corrected chi connectivity index (χ3v) is 4.55. The number of hydrogen-bond acceptors (Lipinski definition) is 3. The van der Waals surface area contributed by atoms with Crippen LogP contribution < -0.4 is 10.6 Å². The normalized spacial score (nSPS) is 28.0. The van der Waals surface area contributed by atoms with Crippen LogP contribution in [0.4, 0.5) is 13.2 Å². The van der Waals surface area contributed by atoms with Crippen LogP contribution in [0.15, 0.2) is 4.99 Å². The Labute approximate surface area is 165 Å². The molecule has 25 heavy (non-hydrogen) atoms. The maximum atomic E-state index is 12.4. The van der Waals surface area contributed by atoms with Gasteiger partial charge < -0.3 is 15.4 Å². The first-order valence-corrected chi connectivity index (χ1v) is 8.75. The molecule has 2 aliphatic heterocycles. The summed E-state index contributed by atoms with van der Waals surface area (Å²) in [5, 5.41) is 6.45. The van der Waals surface area contributed by atoms with E-state index in [9.17, 15) is 13.2 Å². The van der Waals surface area contributed by atoms with Crippen LogP contribution in [-0.4, -0.2) is 68.5 Å². The van der Waals surface area contributed by atoms with Crippen LogP contribution in [0.2, 0.25) is 0 Å². The lowest BCUT2D eigenvalue weighted by molar-refractivity contribution is -0.143. The van der Waals surface area contributed by atoms with Gasteiger partial charge in [-0.05, 0) is 45.6 Å². The fourth-order valence-corrected chi connectivity index (χ4v) is 3.27. The van der Waals surface area contributed by atoms with Crippen LogP contribution in [-0.2, 0) is 4.74 Å². The van der Waals surface area contributed by atoms with Gasteiger partial charge in [-0.15, -0.1) is 24.0 Å². The van der Waals surface area contributed by atoms with Gasteiger partial charge in [-0.2, -0.15) is 13.2 Å². The van der Waals surface area contributed by atoms with Crippen molar-refractivity contribution in [3.63, 3.8) is 0 Å². The SMILES string of the molecule is CCNC(=NCC1(C)CCCO1)NCC1CCN(CC(F)(F)F)C1.I. The monoisotopic (exact) mass is 478 g/mol. The van der Waals surface area contributed by atoms with Crippen molar-refractivity contribution in [2.75, 3.05) is 45.9 Å².